The van der Waals surface area contributed by atoms with Crippen LogP contribution in [0.2, 0.25) is 0 Å². The van der Waals surface area contributed by atoms with E-state index >= 15 is 0 Å². The van der Waals surface area contributed by atoms with Gasteiger partial charge < -0.3 is 40.7 Å². The minimum absolute atomic E-state index is 0. The predicted molar refractivity (Wildman–Crippen MR) is 83.3 cm³/mol. The third-order valence-corrected chi connectivity index (χ3v) is 4.36. The van der Waals surface area contributed by atoms with Crippen molar-refractivity contribution in [1.29, 1.82) is 0 Å². The SMILES string of the molecule is CCCCC1(CCCC)CCCC(NC=O)C1.[Cl-].[Cl-].[NH-]C=O.[Ti+3]. The zero-order valence-electron chi connectivity index (χ0n) is 14.4. The van der Waals surface area contributed by atoms with Crippen molar-refractivity contribution in [2.45, 2.75) is 84.1 Å². The average molecular weight is 402 g/mol. The minimum atomic E-state index is 0. The molecule has 0 aliphatic heterocycles. The molecule has 135 valence electrons. The summed E-state index contributed by atoms with van der Waals surface area (Å²) in [5.41, 5.74) is 6.06. The molecule has 2 N–H and O–H groups in total. The summed E-state index contributed by atoms with van der Waals surface area (Å²) >= 11 is 0. The van der Waals surface area contributed by atoms with Gasteiger partial charge in [0.25, 0.3) is 0 Å². The molecular formula is C16H31Cl2N2O2Ti. The molecule has 1 radical (unpaired) electrons. The first-order valence-corrected chi connectivity index (χ1v) is 7.98. The Balaban J connectivity index is -0.000000279. The first-order valence-electron chi connectivity index (χ1n) is 7.98. The molecule has 1 unspecified atom stereocenters. The topological polar surface area (TPSA) is 70.0 Å². The van der Waals surface area contributed by atoms with Crippen LogP contribution >= 0.6 is 0 Å². The maximum absolute atomic E-state index is 10.6. The Morgan fingerprint density at radius 1 is 1.13 bits per heavy atom. The van der Waals surface area contributed by atoms with Gasteiger partial charge in [0.1, 0.15) is 0 Å². The summed E-state index contributed by atoms with van der Waals surface area (Å²) < 4.78 is 0. The van der Waals surface area contributed by atoms with Gasteiger partial charge in [-0.15, -0.1) is 0 Å². The van der Waals surface area contributed by atoms with E-state index in [2.05, 4.69) is 19.2 Å². The van der Waals surface area contributed by atoms with E-state index in [-0.39, 0.29) is 52.9 Å². The molecule has 0 heterocycles. The number of carbonyl (C=O) groups excluding carboxylic acids is 2. The van der Waals surface area contributed by atoms with Crippen molar-refractivity contribution in [1.82, 2.24) is 5.32 Å². The van der Waals surface area contributed by atoms with Gasteiger partial charge in [-0.05, 0) is 37.5 Å². The van der Waals surface area contributed by atoms with Crippen LogP contribution in [0.15, 0.2) is 0 Å². The molecule has 0 aromatic heterocycles. The van der Waals surface area contributed by atoms with E-state index in [0.29, 0.717) is 11.5 Å². The summed E-state index contributed by atoms with van der Waals surface area (Å²) in [7, 11) is 0. The standard InChI is InChI=1S/C15H29NO.CH3NO.2ClH.Ti/c1-3-5-9-15(10-6-4-2)11-7-8-14(12-15)16-13-17;2-1-3;;;/h13-14H,3-12H2,1-2H3,(H,16,17);1H,(H2,2,3);2*1H;/q;;;;+3/p-3. The van der Waals surface area contributed by atoms with Crippen molar-refractivity contribution in [3.63, 3.8) is 0 Å². The van der Waals surface area contributed by atoms with E-state index in [1.807, 2.05) is 0 Å². The molecule has 2 amide bonds. The monoisotopic (exact) mass is 401 g/mol. The van der Waals surface area contributed by atoms with Gasteiger partial charge in [-0.3, -0.25) is 4.79 Å². The van der Waals surface area contributed by atoms with Crippen LogP contribution in [-0.4, -0.2) is 18.9 Å². The molecule has 7 heteroatoms. The summed E-state index contributed by atoms with van der Waals surface area (Å²) in [6.07, 6.45) is 13.9. The van der Waals surface area contributed by atoms with Crippen LogP contribution in [-0.2, 0) is 31.3 Å². The Morgan fingerprint density at radius 3 is 2.00 bits per heavy atom. The molecule has 0 aromatic carbocycles. The number of unbranched alkanes of at least 4 members (excludes halogenated alkanes) is 2. The molecule has 1 aliphatic carbocycles. The first kappa shape index (κ1) is 31.0. The number of amides is 2. The number of rotatable bonds is 8. The fraction of sp³-hybridized carbons (Fsp3) is 0.875. The zero-order chi connectivity index (χ0) is 15.3. The first-order chi connectivity index (χ1) is 9.67. The second-order valence-corrected chi connectivity index (χ2v) is 5.90. The van der Waals surface area contributed by atoms with Crippen molar-refractivity contribution in [3.05, 3.63) is 5.73 Å². The van der Waals surface area contributed by atoms with E-state index in [1.54, 1.807) is 0 Å². The van der Waals surface area contributed by atoms with Crippen LogP contribution in [0.25, 0.3) is 5.73 Å². The Bertz CT molecular complexity index is 264. The summed E-state index contributed by atoms with van der Waals surface area (Å²) in [6, 6.07) is 0.440. The Hall–Kier alpha value is 0.234. The second-order valence-electron chi connectivity index (χ2n) is 5.90. The van der Waals surface area contributed by atoms with Crippen molar-refractivity contribution in [2.24, 2.45) is 5.41 Å². The smallest absolute Gasteiger partial charge is 1.00 e. The predicted octanol–water partition coefficient (Wildman–Crippen LogP) is -1.76. The molecule has 0 saturated heterocycles. The maximum atomic E-state index is 10.6. The molecule has 1 aliphatic rings. The quantitative estimate of drug-likeness (QED) is 0.386. The molecule has 4 nitrogen and oxygen atoms in total. The van der Waals surface area contributed by atoms with Gasteiger partial charge in [0.05, 0.1) is 0 Å². The molecular weight excluding hydrogens is 371 g/mol. The molecule has 1 fully saturated rings. The summed E-state index contributed by atoms with van der Waals surface area (Å²) in [6.45, 7) is 4.55. The van der Waals surface area contributed by atoms with Crippen molar-refractivity contribution in [3.8, 4) is 0 Å². The molecule has 0 aromatic rings. The van der Waals surface area contributed by atoms with Gasteiger partial charge in [0, 0.05) is 12.5 Å². The van der Waals surface area contributed by atoms with E-state index < -0.39 is 0 Å². The Labute approximate surface area is 169 Å². The van der Waals surface area contributed by atoms with Crippen molar-refractivity contribution >= 4 is 12.8 Å². The van der Waals surface area contributed by atoms with Crippen molar-refractivity contribution < 1.29 is 56.1 Å². The minimum Gasteiger partial charge on any atom is -1.00 e. The van der Waals surface area contributed by atoms with E-state index in [4.69, 9.17) is 10.5 Å². The van der Waals surface area contributed by atoms with Crippen LogP contribution < -0.4 is 30.1 Å². The number of hydrogen-bond donors (Lipinski definition) is 1. The third kappa shape index (κ3) is 14.3. The number of hydrogen-bond acceptors (Lipinski definition) is 2. The molecule has 1 atom stereocenters. The zero-order valence-corrected chi connectivity index (χ0v) is 17.4. The van der Waals surface area contributed by atoms with Crippen LogP contribution in [0, 0.1) is 5.41 Å². The number of halogens is 2. The van der Waals surface area contributed by atoms with E-state index in [1.165, 1.54) is 64.2 Å². The fourth-order valence-corrected chi connectivity index (χ4v) is 3.37. The molecule has 0 spiro atoms. The van der Waals surface area contributed by atoms with Crippen LogP contribution in [0.1, 0.15) is 78.1 Å². The maximum Gasteiger partial charge on any atom is 3.00 e. The van der Waals surface area contributed by atoms with Gasteiger partial charge in [0.2, 0.25) is 6.41 Å². The summed E-state index contributed by atoms with van der Waals surface area (Å²) in [5.74, 6) is 0. The van der Waals surface area contributed by atoms with Gasteiger partial charge in [0.15, 0.2) is 0 Å². The Morgan fingerprint density at radius 2 is 1.61 bits per heavy atom. The Kier molecular flexibility index (Phi) is 27.4. The summed E-state index contributed by atoms with van der Waals surface area (Å²) in [5, 5.41) is 3.01. The van der Waals surface area contributed by atoms with Crippen LogP contribution in [0.5, 0.6) is 0 Å². The van der Waals surface area contributed by atoms with E-state index in [0.717, 1.165) is 6.41 Å². The van der Waals surface area contributed by atoms with Crippen LogP contribution in [0.4, 0.5) is 0 Å². The van der Waals surface area contributed by atoms with Gasteiger partial charge in [-0.2, -0.15) is 0 Å². The number of carbonyl (C=O) groups is 2. The fourth-order valence-electron chi connectivity index (χ4n) is 3.37. The van der Waals surface area contributed by atoms with E-state index in [9.17, 15) is 4.79 Å². The number of nitrogens with one attached hydrogen (secondary N) is 2. The van der Waals surface area contributed by atoms with Gasteiger partial charge >= 0.3 is 21.7 Å². The average Bonchev–Trinajstić information content (AvgIpc) is 2.45. The molecule has 1 rings (SSSR count). The second kappa shape index (κ2) is 20.3. The molecule has 0 bridgehead atoms. The molecule has 1 saturated carbocycles. The largest absolute Gasteiger partial charge is 3.00 e. The normalized spacial score (nSPS) is 17.7. The molecule has 23 heavy (non-hydrogen) atoms. The van der Waals surface area contributed by atoms with Crippen LogP contribution in [0.3, 0.4) is 0 Å². The van der Waals surface area contributed by atoms with Gasteiger partial charge in [-0.25, -0.2) is 0 Å². The summed E-state index contributed by atoms with van der Waals surface area (Å²) in [4.78, 5) is 19.1. The van der Waals surface area contributed by atoms with Gasteiger partial charge in [-0.1, -0.05) is 46.0 Å². The third-order valence-electron chi connectivity index (χ3n) is 4.36. The van der Waals surface area contributed by atoms with Crippen molar-refractivity contribution in [2.75, 3.05) is 0 Å².